The number of amides is 1. The van der Waals surface area contributed by atoms with Gasteiger partial charge in [0.05, 0.1) is 12.1 Å². The number of nitrogens with zero attached hydrogens (tertiary/aromatic N) is 2. The molecular formula is C22H31ClN4O2. The zero-order chi connectivity index (χ0) is 19.2. The molecule has 2 N–H and O–H groups in total. The minimum Gasteiger partial charge on any atom is -0.373 e. The number of aromatic nitrogens is 2. The van der Waals surface area contributed by atoms with Crippen LogP contribution in [-0.2, 0) is 11.2 Å². The number of carbonyl (C=O) groups is 1. The first-order valence-corrected chi connectivity index (χ1v) is 10.5. The van der Waals surface area contributed by atoms with Crippen molar-refractivity contribution < 1.29 is 9.53 Å². The van der Waals surface area contributed by atoms with E-state index in [0.29, 0.717) is 24.9 Å². The highest BCUT2D eigenvalue weighted by molar-refractivity contribution is 5.92. The van der Waals surface area contributed by atoms with Crippen molar-refractivity contribution in [2.24, 2.45) is 0 Å². The smallest absolute Gasteiger partial charge is 0.271 e. The van der Waals surface area contributed by atoms with Crippen molar-refractivity contribution in [1.29, 1.82) is 0 Å². The van der Waals surface area contributed by atoms with Gasteiger partial charge in [0.2, 0.25) is 0 Å². The maximum atomic E-state index is 12.3. The van der Waals surface area contributed by atoms with Crippen molar-refractivity contribution in [2.75, 3.05) is 26.2 Å². The molecule has 0 saturated carbocycles. The predicted octanol–water partition coefficient (Wildman–Crippen LogP) is 3.44. The minimum atomic E-state index is -0.106. The molecule has 2 atom stereocenters. The molecule has 0 radical (unpaired) electrons. The Morgan fingerprint density at radius 3 is 3.00 bits per heavy atom. The van der Waals surface area contributed by atoms with E-state index in [4.69, 9.17) is 4.74 Å². The summed E-state index contributed by atoms with van der Waals surface area (Å²) in [4.78, 5) is 12.3. The van der Waals surface area contributed by atoms with Crippen LogP contribution in [0, 0.1) is 0 Å². The van der Waals surface area contributed by atoms with Crippen molar-refractivity contribution in [3.63, 3.8) is 0 Å². The van der Waals surface area contributed by atoms with Crippen molar-refractivity contribution >= 4 is 18.3 Å². The third kappa shape index (κ3) is 5.59. The summed E-state index contributed by atoms with van der Waals surface area (Å²) >= 11 is 0. The van der Waals surface area contributed by atoms with Gasteiger partial charge in [-0.05, 0) is 62.3 Å². The highest BCUT2D eigenvalue weighted by Crippen LogP contribution is 2.32. The Hall–Kier alpha value is -1.89. The second-order valence-corrected chi connectivity index (χ2v) is 7.74. The summed E-state index contributed by atoms with van der Waals surface area (Å²) in [6.45, 7) is 3.25. The lowest BCUT2D eigenvalue weighted by atomic mass is 9.89. The number of halogens is 1. The zero-order valence-corrected chi connectivity index (χ0v) is 17.6. The van der Waals surface area contributed by atoms with Crippen LogP contribution in [0.15, 0.2) is 36.5 Å². The van der Waals surface area contributed by atoms with Crippen molar-refractivity contribution in [1.82, 2.24) is 20.4 Å². The van der Waals surface area contributed by atoms with E-state index < -0.39 is 0 Å². The summed E-state index contributed by atoms with van der Waals surface area (Å²) in [5, 5.41) is 10.8. The molecule has 1 amide bonds. The van der Waals surface area contributed by atoms with Crippen LogP contribution in [0.4, 0.5) is 0 Å². The van der Waals surface area contributed by atoms with Gasteiger partial charge in [-0.15, -0.1) is 12.4 Å². The number of carbonyl (C=O) groups excluding carboxylic acids is 1. The predicted molar refractivity (Wildman–Crippen MR) is 116 cm³/mol. The average molecular weight is 419 g/mol. The highest BCUT2D eigenvalue weighted by Gasteiger charge is 2.20. The van der Waals surface area contributed by atoms with Crippen molar-refractivity contribution in [3.8, 4) is 0 Å². The fraction of sp³-hybridized carbons (Fsp3) is 0.545. The Labute approximate surface area is 178 Å². The summed E-state index contributed by atoms with van der Waals surface area (Å²) in [6.07, 6.45) is 8.58. The lowest BCUT2D eigenvalue weighted by Gasteiger charge is -2.25. The SMILES string of the molecule is Cl.O=C(NCCCOC1CCCc2ccccc21)c1ccn(C2CCCNC2)n1. The van der Waals surface area contributed by atoms with E-state index in [2.05, 4.69) is 40.0 Å². The standard InChI is InChI=1S/C22H30N4O2.ClH/c27-22(20-11-14-26(25-20)18-8-4-12-23-16-18)24-13-5-15-28-21-10-3-7-17-6-1-2-9-19(17)21;/h1-2,6,9,11,14,18,21,23H,3-5,7-8,10,12-13,15-16H2,(H,24,27);1H. The van der Waals surface area contributed by atoms with Gasteiger partial charge in [-0.2, -0.15) is 5.10 Å². The number of aryl methyl sites for hydroxylation is 1. The molecule has 1 fully saturated rings. The monoisotopic (exact) mass is 418 g/mol. The van der Waals surface area contributed by atoms with E-state index in [1.54, 1.807) is 6.07 Å². The van der Waals surface area contributed by atoms with Gasteiger partial charge in [0.25, 0.3) is 5.91 Å². The average Bonchev–Trinajstić information content (AvgIpc) is 3.25. The maximum absolute atomic E-state index is 12.3. The maximum Gasteiger partial charge on any atom is 0.271 e. The summed E-state index contributed by atoms with van der Waals surface area (Å²) in [5.41, 5.74) is 3.24. The van der Waals surface area contributed by atoms with Gasteiger partial charge in [-0.3, -0.25) is 9.48 Å². The molecule has 0 bridgehead atoms. The molecule has 1 aliphatic carbocycles. The Kier molecular flexibility index (Phi) is 8.09. The van der Waals surface area contributed by atoms with E-state index >= 15 is 0 Å². The van der Waals surface area contributed by atoms with Gasteiger partial charge >= 0.3 is 0 Å². The summed E-state index contributed by atoms with van der Waals surface area (Å²) < 4.78 is 8.02. The first-order valence-electron chi connectivity index (χ1n) is 10.5. The molecule has 2 heterocycles. The quantitative estimate of drug-likeness (QED) is 0.676. The number of fused-ring (bicyclic) bond motifs is 1. The van der Waals surface area contributed by atoms with Gasteiger partial charge in [0.1, 0.15) is 5.69 Å². The molecule has 1 aromatic carbocycles. The molecule has 4 rings (SSSR count). The van der Waals surface area contributed by atoms with Crippen LogP contribution in [0.25, 0.3) is 0 Å². The fourth-order valence-electron chi connectivity index (χ4n) is 4.19. The molecular weight excluding hydrogens is 388 g/mol. The van der Waals surface area contributed by atoms with Crippen LogP contribution in [0.1, 0.15) is 65.9 Å². The van der Waals surface area contributed by atoms with Crippen LogP contribution in [0.3, 0.4) is 0 Å². The lowest BCUT2D eigenvalue weighted by Crippen LogP contribution is -2.32. The molecule has 29 heavy (non-hydrogen) atoms. The van der Waals surface area contributed by atoms with Gasteiger partial charge in [0.15, 0.2) is 0 Å². The number of nitrogens with one attached hydrogen (secondary N) is 2. The molecule has 2 aromatic rings. The van der Waals surface area contributed by atoms with Gasteiger partial charge < -0.3 is 15.4 Å². The van der Waals surface area contributed by atoms with E-state index in [0.717, 1.165) is 45.2 Å². The van der Waals surface area contributed by atoms with E-state index in [1.165, 1.54) is 17.5 Å². The topological polar surface area (TPSA) is 68.2 Å². The number of benzene rings is 1. The number of ether oxygens (including phenoxy) is 1. The van der Waals surface area contributed by atoms with E-state index in [9.17, 15) is 4.79 Å². The van der Waals surface area contributed by atoms with Crippen LogP contribution in [-0.4, -0.2) is 41.9 Å². The molecule has 1 saturated heterocycles. The van der Waals surface area contributed by atoms with Gasteiger partial charge in [0, 0.05) is 25.9 Å². The molecule has 2 aliphatic rings. The Morgan fingerprint density at radius 2 is 2.14 bits per heavy atom. The summed E-state index contributed by atoms with van der Waals surface area (Å²) in [6, 6.07) is 10.7. The van der Waals surface area contributed by atoms with Crippen LogP contribution in [0.2, 0.25) is 0 Å². The highest BCUT2D eigenvalue weighted by atomic mass is 35.5. The molecule has 1 aromatic heterocycles. The van der Waals surface area contributed by atoms with Gasteiger partial charge in [-0.25, -0.2) is 0 Å². The third-order valence-electron chi connectivity index (χ3n) is 5.73. The Bertz CT molecular complexity index is 789. The largest absolute Gasteiger partial charge is 0.373 e. The zero-order valence-electron chi connectivity index (χ0n) is 16.8. The molecule has 7 heteroatoms. The third-order valence-corrected chi connectivity index (χ3v) is 5.73. The number of piperidine rings is 1. The van der Waals surface area contributed by atoms with Crippen LogP contribution < -0.4 is 10.6 Å². The summed E-state index contributed by atoms with van der Waals surface area (Å²) in [7, 11) is 0. The minimum absolute atomic E-state index is 0. The molecule has 2 unspecified atom stereocenters. The van der Waals surface area contributed by atoms with E-state index in [-0.39, 0.29) is 24.4 Å². The number of hydrogen-bond acceptors (Lipinski definition) is 4. The Morgan fingerprint density at radius 1 is 1.24 bits per heavy atom. The normalized spacial score (nSPS) is 21.1. The second kappa shape index (κ2) is 10.8. The number of hydrogen-bond donors (Lipinski definition) is 2. The first-order chi connectivity index (χ1) is 13.8. The van der Waals surface area contributed by atoms with Crippen LogP contribution >= 0.6 is 12.4 Å². The Balaban J connectivity index is 0.00000240. The first kappa shape index (κ1) is 21.8. The fourth-order valence-corrected chi connectivity index (χ4v) is 4.19. The van der Waals surface area contributed by atoms with Crippen molar-refractivity contribution in [3.05, 3.63) is 53.3 Å². The van der Waals surface area contributed by atoms with Crippen LogP contribution in [0.5, 0.6) is 0 Å². The van der Waals surface area contributed by atoms with Crippen molar-refractivity contribution in [2.45, 2.75) is 50.7 Å². The van der Waals surface area contributed by atoms with E-state index in [1.807, 2.05) is 10.9 Å². The number of rotatable bonds is 7. The van der Waals surface area contributed by atoms with Gasteiger partial charge in [-0.1, -0.05) is 24.3 Å². The summed E-state index contributed by atoms with van der Waals surface area (Å²) in [5.74, 6) is -0.106. The lowest BCUT2D eigenvalue weighted by molar-refractivity contribution is 0.0393. The molecule has 6 nitrogen and oxygen atoms in total. The molecule has 0 spiro atoms. The molecule has 1 aliphatic heterocycles. The second-order valence-electron chi connectivity index (χ2n) is 7.74. The molecule has 158 valence electrons.